The summed E-state index contributed by atoms with van der Waals surface area (Å²) in [7, 11) is 1.63. The van der Waals surface area contributed by atoms with E-state index in [2.05, 4.69) is 15.9 Å². The Morgan fingerprint density at radius 1 is 1.21 bits per heavy atom. The van der Waals surface area contributed by atoms with Crippen LogP contribution in [0.3, 0.4) is 0 Å². The number of ketones is 1. The van der Waals surface area contributed by atoms with Gasteiger partial charge in [-0.1, -0.05) is 40.2 Å². The third kappa shape index (κ3) is 3.85. The van der Waals surface area contributed by atoms with E-state index in [-0.39, 0.29) is 5.78 Å². The molecular weight excluding hydrogens is 324 g/mol. The van der Waals surface area contributed by atoms with Gasteiger partial charge in [-0.15, -0.1) is 11.8 Å². The van der Waals surface area contributed by atoms with Gasteiger partial charge >= 0.3 is 0 Å². The summed E-state index contributed by atoms with van der Waals surface area (Å²) < 4.78 is 6.18. The molecule has 0 saturated heterocycles. The molecule has 0 spiro atoms. The minimum Gasteiger partial charge on any atom is -0.496 e. The van der Waals surface area contributed by atoms with Crippen LogP contribution in [0.5, 0.6) is 5.75 Å². The van der Waals surface area contributed by atoms with E-state index < -0.39 is 0 Å². The smallest absolute Gasteiger partial charge is 0.173 e. The van der Waals surface area contributed by atoms with E-state index in [4.69, 9.17) is 4.74 Å². The summed E-state index contributed by atoms with van der Waals surface area (Å²) in [6, 6.07) is 15.1. The largest absolute Gasteiger partial charge is 0.496 e. The molecule has 0 bridgehead atoms. The van der Waals surface area contributed by atoms with Crippen molar-refractivity contribution in [2.45, 2.75) is 4.90 Å². The molecule has 2 aromatic rings. The summed E-state index contributed by atoms with van der Waals surface area (Å²) in [5.74, 6) is 1.31. The molecular formula is C15H13BrO2S. The Bertz CT molecular complexity index is 584. The first kappa shape index (κ1) is 14.2. The lowest BCUT2D eigenvalue weighted by Gasteiger charge is -2.07. The minimum absolute atomic E-state index is 0.109. The second kappa shape index (κ2) is 6.78. The van der Waals surface area contributed by atoms with Crippen molar-refractivity contribution in [3.05, 3.63) is 58.6 Å². The molecule has 0 aliphatic heterocycles. The van der Waals surface area contributed by atoms with E-state index in [9.17, 15) is 4.79 Å². The maximum atomic E-state index is 12.1. The predicted octanol–water partition coefficient (Wildman–Crippen LogP) is 4.43. The molecule has 4 heteroatoms. The van der Waals surface area contributed by atoms with Gasteiger partial charge in [0.15, 0.2) is 5.78 Å². The maximum absolute atomic E-state index is 12.1. The van der Waals surface area contributed by atoms with Crippen LogP contribution in [0.15, 0.2) is 57.9 Å². The van der Waals surface area contributed by atoms with Crippen molar-refractivity contribution >= 4 is 33.5 Å². The molecule has 2 nitrogen and oxygen atoms in total. The number of ether oxygens (including phenoxy) is 1. The molecule has 0 heterocycles. The second-order valence-electron chi connectivity index (χ2n) is 3.87. The van der Waals surface area contributed by atoms with Crippen LogP contribution in [-0.2, 0) is 0 Å². The number of carbonyl (C=O) groups excluding carboxylic acids is 1. The molecule has 0 aliphatic rings. The zero-order valence-corrected chi connectivity index (χ0v) is 12.8. The van der Waals surface area contributed by atoms with Crippen molar-refractivity contribution in [3.63, 3.8) is 0 Å². The fourth-order valence-electron chi connectivity index (χ4n) is 1.63. The summed E-state index contributed by atoms with van der Waals surface area (Å²) >= 11 is 4.86. The van der Waals surface area contributed by atoms with Crippen LogP contribution >= 0.6 is 27.7 Å². The van der Waals surface area contributed by atoms with Crippen molar-refractivity contribution in [2.24, 2.45) is 0 Å². The standard InChI is InChI=1S/C15H13BrO2S/c1-18-14-7-2-3-8-15(14)19-10-13(17)11-5-4-6-12(16)9-11/h2-9H,10H2,1H3. The third-order valence-electron chi connectivity index (χ3n) is 2.57. The van der Waals surface area contributed by atoms with Gasteiger partial charge in [-0.3, -0.25) is 4.79 Å². The molecule has 0 unspecified atom stereocenters. The second-order valence-corrected chi connectivity index (χ2v) is 5.81. The molecule has 0 atom stereocenters. The average Bonchev–Trinajstić information content (AvgIpc) is 2.45. The highest BCUT2D eigenvalue weighted by Crippen LogP contribution is 2.29. The summed E-state index contributed by atoms with van der Waals surface area (Å²) in [4.78, 5) is 13.1. The van der Waals surface area contributed by atoms with Crippen LogP contribution < -0.4 is 4.74 Å². The summed E-state index contributed by atoms with van der Waals surface area (Å²) in [6.07, 6.45) is 0. The predicted molar refractivity (Wildman–Crippen MR) is 82.2 cm³/mol. The van der Waals surface area contributed by atoms with Gasteiger partial charge in [0.2, 0.25) is 0 Å². The van der Waals surface area contributed by atoms with Gasteiger partial charge in [0.25, 0.3) is 0 Å². The van der Waals surface area contributed by atoms with E-state index in [0.29, 0.717) is 5.75 Å². The minimum atomic E-state index is 0.109. The lowest BCUT2D eigenvalue weighted by molar-refractivity contribution is 0.102. The number of halogens is 1. The average molecular weight is 337 g/mol. The molecule has 2 aromatic carbocycles. The van der Waals surface area contributed by atoms with Crippen molar-refractivity contribution in [1.29, 1.82) is 0 Å². The normalized spacial score (nSPS) is 10.2. The first-order chi connectivity index (χ1) is 9.20. The highest BCUT2D eigenvalue weighted by Gasteiger charge is 2.09. The number of carbonyl (C=O) groups is 1. The van der Waals surface area contributed by atoms with E-state index in [0.717, 1.165) is 20.7 Å². The van der Waals surface area contributed by atoms with Gasteiger partial charge in [-0.05, 0) is 24.3 Å². The van der Waals surface area contributed by atoms with Gasteiger partial charge in [0, 0.05) is 14.9 Å². The van der Waals surface area contributed by atoms with E-state index in [1.807, 2.05) is 48.5 Å². The number of thioether (sulfide) groups is 1. The van der Waals surface area contributed by atoms with Crippen molar-refractivity contribution in [1.82, 2.24) is 0 Å². The van der Waals surface area contributed by atoms with Crippen LogP contribution in [0.2, 0.25) is 0 Å². The number of Topliss-reactive ketones (excluding diaryl/α,β-unsaturated/α-hetero) is 1. The summed E-state index contributed by atoms with van der Waals surface area (Å²) in [6.45, 7) is 0. The van der Waals surface area contributed by atoms with E-state index >= 15 is 0 Å². The molecule has 0 aromatic heterocycles. The van der Waals surface area contributed by atoms with Crippen LogP contribution in [0.1, 0.15) is 10.4 Å². The fraction of sp³-hybridized carbons (Fsp3) is 0.133. The Morgan fingerprint density at radius 2 is 2.00 bits per heavy atom. The Balaban J connectivity index is 2.04. The van der Waals surface area contributed by atoms with E-state index in [1.165, 1.54) is 11.8 Å². The van der Waals surface area contributed by atoms with Crippen molar-refractivity contribution in [3.8, 4) is 5.75 Å². The Hall–Kier alpha value is -1.26. The van der Waals surface area contributed by atoms with Crippen molar-refractivity contribution < 1.29 is 9.53 Å². The van der Waals surface area contributed by atoms with Gasteiger partial charge in [0.1, 0.15) is 5.75 Å². The fourth-order valence-corrected chi connectivity index (χ4v) is 2.95. The highest BCUT2D eigenvalue weighted by atomic mass is 79.9. The maximum Gasteiger partial charge on any atom is 0.173 e. The molecule has 0 aliphatic carbocycles. The molecule has 0 fully saturated rings. The number of benzene rings is 2. The highest BCUT2D eigenvalue weighted by molar-refractivity contribution is 9.10. The zero-order chi connectivity index (χ0) is 13.7. The van der Waals surface area contributed by atoms with Crippen LogP contribution in [0.25, 0.3) is 0 Å². The lowest BCUT2D eigenvalue weighted by Crippen LogP contribution is -2.02. The quantitative estimate of drug-likeness (QED) is 0.596. The Kier molecular flexibility index (Phi) is 5.05. The van der Waals surface area contributed by atoms with Gasteiger partial charge < -0.3 is 4.74 Å². The molecule has 2 rings (SSSR count). The summed E-state index contributed by atoms with van der Waals surface area (Å²) in [5.41, 5.74) is 0.719. The number of hydrogen-bond acceptors (Lipinski definition) is 3. The zero-order valence-electron chi connectivity index (χ0n) is 10.4. The molecule has 0 radical (unpaired) electrons. The lowest BCUT2D eigenvalue weighted by atomic mass is 10.2. The topological polar surface area (TPSA) is 26.3 Å². The van der Waals surface area contributed by atoms with E-state index in [1.54, 1.807) is 7.11 Å². The first-order valence-corrected chi connectivity index (χ1v) is 7.53. The van der Waals surface area contributed by atoms with Crippen LogP contribution in [-0.4, -0.2) is 18.6 Å². The molecule has 98 valence electrons. The Labute approximate surface area is 125 Å². The first-order valence-electron chi connectivity index (χ1n) is 5.75. The summed E-state index contributed by atoms with van der Waals surface area (Å²) in [5, 5.41) is 0. The molecule has 19 heavy (non-hydrogen) atoms. The van der Waals surface area contributed by atoms with Crippen LogP contribution in [0.4, 0.5) is 0 Å². The molecule has 0 amide bonds. The molecule has 0 saturated carbocycles. The van der Waals surface area contributed by atoms with Crippen molar-refractivity contribution in [2.75, 3.05) is 12.9 Å². The molecule has 0 N–H and O–H groups in total. The SMILES string of the molecule is COc1ccccc1SCC(=O)c1cccc(Br)c1. The van der Waals surface area contributed by atoms with Gasteiger partial charge in [0.05, 0.1) is 12.9 Å². The number of rotatable bonds is 5. The van der Waals surface area contributed by atoms with Crippen LogP contribution in [0, 0.1) is 0 Å². The number of para-hydroxylation sites is 1. The monoisotopic (exact) mass is 336 g/mol. The Morgan fingerprint density at radius 3 is 2.74 bits per heavy atom. The van der Waals surface area contributed by atoms with Gasteiger partial charge in [-0.25, -0.2) is 0 Å². The third-order valence-corrected chi connectivity index (χ3v) is 4.12. The number of hydrogen-bond donors (Lipinski definition) is 0. The van der Waals surface area contributed by atoms with Gasteiger partial charge in [-0.2, -0.15) is 0 Å². The number of methoxy groups -OCH3 is 1.